The van der Waals surface area contributed by atoms with Crippen LogP contribution in [-0.2, 0) is 6.42 Å². The lowest BCUT2D eigenvalue weighted by Crippen LogP contribution is -2.25. The molecule has 26 heavy (non-hydrogen) atoms. The number of carbonyl (C=O) groups is 1. The van der Waals surface area contributed by atoms with Gasteiger partial charge in [0.25, 0.3) is 5.91 Å². The fourth-order valence-electron chi connectivity index (χ4n) is 2.53. The van der Waals surface area contributed by atoms with Crippen molar-refractivity contribution in [1.82, 2.24) is 15.3 Å². The van der Waals surface area contributed by atoms with Crippen LogP contribution in [-0.4, -0.2) is 28.7 Å². The van der Waals surface area contributed by atoms with Crippen LogP contribution < -0.4 is 5.32 Å². The topological polar surface area (TPSA) is 68.0 Å². The molecule has 0 aliphatic heterocycles. The molecule has 0 saturated carbocycles. The number of aryl methyl sites for hydroxylation is 1. The second-order valence-electron chi connectivity index (χ2n) is 5.63. The van der Waals surface area contributed by atoms with Gasteiger partial charge >= 0.3 is 0 Å². The van der Waals surface area contributed by atoms with Gasteiger partial charge in [0, 0.05) is 23.2 Å². The van der Waals surface area contributed by atoms with Crippen LogP contribution in [0.4, 0.5) is 4.39 Å². The molecule has 0 saturated heterocycles. The van der Waals surface area contributed by atoms with Gasteiger partial charge in [-0.2, -0.15) is 0 Å². The monoisotopic (exact) mass is 371 g/mol. The predicted octanol–water partition coefficient (Wildman–Crippen LogP) is 3.96. The highest BCUT2D eigenvalue weighted by Crippen LogP contribution is 2.25. The number of pyridine rings is 1. The Balaban J connectivity index is 1.57. The summed E-state index contributed by atoms with van der Waals surface area (Å²) in [5.41, 5.74) is 1.86. The van der Waals surface area contributed by atoms with Gasteiger partial charge in [0.2, 0.25) is 0 Å². The van der Waals surface area contributed by atoms with Crippen molar-refractivity contribution >= 4 is 17.7 Å². The van der Waals surface area contributed by atoms with Crippen molar-refractivity contribution in [3.8, 4) is 11.3 Å². The van der Waals surface area contributed by atoms with Crippen LogP contribution >= 0.6 is 11.8 Å². The molecule has 2 aromatic heterocycles. The van der Waals surface area contributed by atoms with Gasteiger partial charge in [-0.1, -0.05) is 12.1 Å². The summed E-state index contributed by atoms with van der Waals surface area (Å²) in [5, 5.41) is 2.82. The molecule has 1 amide bonds. The maximum absolute atomic E-state index is 13.1. The molecular formula is C19H18FN3O2S. The standard InChI is InChI=1S/C19H18FN3O2S/c1-26-16-6-4-14(5-7-16)18-17(23-12-25-18)19(24)22-8-2-3-13-9-15(20)11-21-10-13/h4-7,9-12H,2-3,8H2,1H3,(H,22,24). The summed E-state index contributed by atoms with van der Waals surface area (Å²) in [6.07, 6.45) is 7.37. The van der Waals surface area contributed by atoms with Gasteiger partial charge in [0.15, 0.2) is 17.8 Å². The van der Waals surface area contributed by atoms with E-state index in [4.69, 9.17) is 4.42 Å². The Kier molecular flexibility index (Phi) is 6.01. The van der Waals surface area contributed by atoms with Crippen LogP contribution in [0.2, 0.25) is 0 Å². The summed E-state index contributed by atoms with van der Waals surface area (Å²) < 4.78 is 18.5. The number of hydrogen-bond acceptors (Lipinski definition) is 5. The Bertz CT molecular complexity index is 881. The minimum atomic E-state index is -0.355. The first-order valence-corrected chi connectivity index (χ1v) is 9.35. The van der Waals surface area contributed by atoms with Crippen molar-refractivity contribution in [1.29, 1.82) is 0 Å². The largest absolute Gasteiger partial charge is 0.443 e. The van der Waals surface area contributed by atoms with E-state index in [2.05, 4.69) is 15.3 Å². The number of carbonyl (C=O) groups excluding carboxylic acids is 1. The zero-order valence-electron chi connectivity index (χ0n) is 14.2. The van der Waals surface area contributed by atoms with Crippen molar-refractivity contribution in [3.63, 3.8) is 0 Å². The average Bonchev–Trinajstić information content (AvgIpc) is 3.15. The molecule has 1 N–H and O–H groups in total. The first-order chi connectivity index (χ1) is 12.7. The number of thioether (sulfide) groups is 1. The Hall–Kier alpha value is -2.67. The molecule has 0 radical (unpaired) electrons. The van der Waals surface area contributed by atoms with Crippen LogP contribution in [0.1, 0.15) is 22.5 Å². The van der Waals surface area contributed by atoms with Gasteiger partial charge < -0.3 is 9.73 Å². The number of nitrogens with one attached hydrogen (secondary N) is 1. The number of benzene rings is 1. The van der Waals surface area contributed by atoms with Crippen molar-refractivity contribution in [2.75, 3.05) is 12.8 Å². The van der Waals surface area contributed by atoms with E-state index in [1.165, 1.54) is 18.7 Å². The molecule has 0 atom stereocenters. The molecule has 0 bridgehead atoms. The SMILES string of the molecule is CSc1ccc(-c2ocnc2C(=O)NCCCc2cncc(F)c2)cc1. The van der Waals surface area contributed by atoms with E-state index in [1.54, 1.807) is 18.0 Å². The first-order valence-electron chi connectivity index (χ1n) is 8.13. The van der Waals surface area contributed by atoms with Gasteiger partial charge in [-0.15, -0.1) is 11.8 Å². The number of halogens is 1. The molecule has 134 valence electrons. The molecule has 0 spiro atoms. The number of oxazole rings is 1. The van der Waals surface area contributed by atoms with Crippen LogP contribution in [0.5, 0.6) is 0 Å². The zero-order valence-corrected chi connectivity index (χ0v) is 15.1. The lowest BCUT2D eigenvalue weighted by atomic mass is 10.1. The van der Waals surface area contributed by atoms with Gasteiger partial charge in [0.05, 0.1) is 6.20 Å². The fraction of sp³-hybridized carbons (Fsp3) is 0.211. The number of rotatable bonds is 7. The van der Waals surface area contributed by atoms with Gasteiger partial charge in [0.1, 0.15) is 5.82 Å². The van der Waals surface area contributed by atoms with Crippen molar-refractivity contribution in [2.45, 2.75) is 17.7 Å². The molecule has 7 heteroatoms. The molecule has 3 aromatic rings. The van der Waals surface area contributed by atoms with E-state index in [9.17, 15) is 9.18 Å². The second-order valence-corrected chi connectivity index (χ2v) is 6.51. The highest BCUT2D eigenvalue weighted by Gasteiger charge is 2.17. The second kappa shape index (κ2) is 8.62. The van der Waals surface area contributed by atoms with E-state index < -0.39 is 0 Å². The summed E-state index contributed by atoms with van der Waals surface area (Å²) in [6, 6.07) is 9.19. The Morgan fingerprint density at radius 3 is 2.81 bits per heavy atom. The first kappa shape index (κ1) is 18.1. The van der Waals surface area contributed by atoms with Crippen LogP contribution in [0.3, 0.4) is 0 Å². The van der Waals surface area contributed by atoms with Gasteiger partial charge in [-0.05, 0) is 42.9 Å². The van der Waals surface area contributed by atoms with E-state index in [-0.39, 0.29) is 17.4 Å². The number of aromatic nitrogens is 2. The molecule has 3 rings (SSSR count). The van der Waals surface area contributed by atoms with Crippen molar-refractivity contribution < 1.29 is 13.6 Å². The van der Waals surface area contributed by atoms with Gasteiger partial charge in [-0.25, -0.2) is 9.37 Å². The number of nitrogens with zero attached hydrogens (tertiary/aromatic N) is 2. The van der Waals surface area contributed by atoms with Gasteiger partial charge in [-0.3, -0.25) is 9.78 Å². The lowest BCUT2D eigenvalue weighted by molar-refractivity contribution is 0.0949. The van der Waals surface area contributed by atoms with Crippen molar-refractivity contribution in [2.24, 2.45) is 0 Å². The van der Waals surface area contributed by atoms with Crippen molar-refractivity contribution in [3.05, 3.63) is 66.2 Å². The average molecular weight is 371 g/mol. The molecule has 0 unspecified atom stereocenters. The highest BCUT2D eigenvalue weighted by molar-refractivity contribution is 7.98. The van der Waals surface area contributed by atoms with Crippen LogP contribution in [0.15, 0.2) is 58.4 Å². The summed E-state index contributed by atoms with van der Waals surface area (Å²) in [5.74, 6) is -0.198. The third-order valence-electron chi connectivity index (χ3n) is 3.82. The molecule has 1 aromatic carbocycles. The lowest BCUT2D eigenvalue weighted by Gasteiger charge is -2.05. The maximum Gasteiger partial charge on any atom is 0.273 e. The predicted molar refractivity (Wildman–Crippen MR) is 98.6 cm³/mol. The number of amides is 1. The molecule has 5 nitrogen and oxygen atoms in total. The van der Waals surface area contributed by atoms with Crippen LogP contribution in [0, 0.1) is 5.82 Å². The smallest absolute Gasteiger partial charge is 0.273 e. The minimum absolute atomic E-state index is 0.259. The third kappa shape index (κ3) is 4.49. The molecule has 0 aliphatic rings. The summed E-state index contributed by atoms with van der Waals surface area (Å²) >= 11 is 1.64. The van der Waals surface area contributed by atoms with E-state index in [0.717, 1.165) is 16.0 Å². The van der Waals surface area contributed by atoms with Crippen LogP contribution in [0.25, 0.3) is 11.3 Å². The Labute approximate surface area is 155 Å². The highest BCUT2D eigenvalue weighted by atomic mass is 32.2. The molecule has 0 aliphatic carbocycles. The summed E-state index contributed by atoms with van der Waals surface area (Å²) in [7, 11) is 0. The molecule has 0 fully saturated rings. The molecule has 2 heterocycles. The molecular weight excluding hydrogens is 353 g/mol. The fourth-order valence-corrected chi connectivity index (χ4v) is 2.93. The minimum Gasteiger partial charge on any atom is -0.443 e. The van der Waals surface area contributed by atoms with E-state index in [1.807, 2.05) is 30.5 Å². The Morgan fingerprint density at radius 1 is 1.27 bits per heavy atom. The summed E-state index contributed by atoms with van der Waals surface area (Å²) in [6.45, 7) is 0.451. The summed E-state index contributed by atoms with van der Waals surface area (Å²) in [4.78, 5) is 21.4. The van der Waals surface area contributed by atoms with E-state index in [0.29, 0.717) is 25.1 Å². The Morgan fingerprint density at radius 2 is 2.08 bits per heavy atom. The van der Waals surface area contributed by atoms with E-state index >= 15 is 0 Å². The normalized spacial score (nSPS) is 10.7. The third-order valence-corrected chi connectivity index (χ3v) is 4.57. The quantitative estimate of drug-likeness (QED) is 0.503. The number of hydrogen-bond donors (Lipinski definition) is 1. The maximum atomic E-state index is 13.1. The zero-order chi connectivity index (χ0) is 18.4.